The van der Waals surface area contributed by atoms with E-state index in [9.17, 15) is 10.2 Å². The molecule has 114 heavy (non-hydrogen) atoms. The molecule has 0 spiro atoms. The predicted octanol–water partition coefficient (Wildman–Crippen LogP) is 39.5. The van der Waals surface area contributed by atoms with E-state index in [2.05, 4.69) is 194 Å². The van der Waals surface area contributed by atoms with Gasteiger partial charge in [0.2, 0.25) is 0 Å². The number of hydrogen-bond acceptors (Lipinski definition) is 2. The molecule has 0 aliphatic heterocycles. The third-order valence-electron chi connectivity index (χ3n) is 22.7. The summed E-state index contributed by atoms with van der Waals surface area (Å²) in [4.78, 5) is 0. The summed E-state index contributed by atoms with van der Waals surface area (Å²) in [6, 6.07) is 0. The van der Waals surface area contributed by atoms with Gasteiger partial charge in [-0.3, -0.25) is 0 Å². The second-order valence-electron chi connectivity index (χ2n) is 34.7. The van der Waals surface area contributed by atoms with E-state index in [0.717, 1.165) is 70.1 Å². The monoisotopic (exact) mass is 1580 g/mol. The highest BCUT2D eigenvalue weighted by molar-refractivity contribution is 4.97. The van der Waals surface area contributed by atoms with Gasteiger partial charge in [0.25, 0.3) is 0 Å². The molecule has 666 valence electrons. The molecule has 0 aliphatic carbocycles. The summed E-state index contributed by atoms with van der Waals surface area (Å²) in [7, 11) is 0. The molecule has 2 nitrogen and oxygen atoms in total. The number of aliphatic hydroxyl groups excluding tert-OH is 2. The lowest BCUT2D eigenvalue weighted by atomic mass is 9.96. The molecule has 0 unspecified atom stereocenters. The van der Waals surface area contributed by atoms with E-state index >= 15 is 0 Å². The lowest BCUT2D eigenvalue weighted by molar-refractivity contribution is 0.146. The quantitative estimate of drug-likeness (QED) is 0.0471. The van der Waals surface area contributed by atoms with E-state index in [1.165, 1.54) is 437 Å². The third-order valence-corrected chi connectivity index (χ3v) is 22.7. The van der Waals surface area contributed by atoms with Crippen LogP contribution in [0.2, 0.25) is 0 Å². The lowest BCUT2D eigenvalue weighted by Gasteiger charge is -2.11. The van der Waals surface area contributed by atoms with Gasteiger partial charge in [0.1, 0.15) is 0 Å². The van der Waals surface area contributed by atoms with Crippen molar-refractivity contribution in [2.24, 2.45) is 5.92 Å². The van der Waals surface area contributed by atoms with Crippen molar-refractivity contribution in [2.45, 2.75) is 561 Å². The Hall–Kier alpha value is -3.20. The van der Waals surface area contributed by atoms with Crippen molar-refractivity contribution >= 4 is 0 Å². The molecule has 0 saturated heterocycles. The van der Waals surface area contributed by atoms with Gasteiger partial charge < -0.3 is 10.2 Å². The molecule has 0 rings (SSSR count). The molecule has 0 radical (unpaired) electrons. The van der Waals surface area contributed by atoms with Crippen LogP contribution in [0.4, 0.5) is 0 Å². The zero-order valence-corrected chi connectivity index (χ0v) is 78.6. The molecule has 0 heterocycles. The Morgan fingerprint density at radius 2 is 0.254 bits per heavy atom. The summed E-state index contributed by atoms with van der Waals surface area (Å²) in [6.07, 6.45) is 157. The van der Waals surface area contributed by atoms with Gasteiger partial charge in [0, 0.05) is 0 Å². The summed E-state index contributed by atoms with van der Waals surface area (Å²) in [5.41, 5.74) is 0. The Bertz CT molecular complexity index is 1710. The van der Waals surface area contributed by atoms with Gasteiger partial charge in [-0.25, -0.2) is 0 Å². The molecule has 0 atom stereocenters. The van der Waals surface area contributed by atoms with Crippen LogP contribution < -0.4 is 0 Å². The highest BCUT2D eigenvalue weighted by atomic mass is 16.3. The molecular weight excluding hydrogens is 1380 g/mol. The first-order valence-corrected chi connectivity index (χ1v) is 51.6. The molecule has 0 aromatic heterocycles. The Balaban J connectivity index is -0.00000162. The van der Waals surface area contributed by atoms with Crippen LogP contribution in [0.5, 0.6) is 0 Å². The average Bonchev–Trinajstić information content (AvgIpc) is 1.13. The van der Waals surface area contributed by atoms with Crippen molar-refractivity contribution in [1.29, 1.82) is 0 Å². The minimum Gasteiger partial charge on any atom is -0.393 e. The Labute approximate surface area is 719 Å². The molecule has 2 heteroatoms. The highest BCUT2D eigenvalue weighted by Crippen LogP contribution is 2.22. The summed E-state index contributed by atoms with van der Waals surface area (Å²) in [5.74, 6) is 0.937. The molecule has 0 aromatic carbocycles. The molecule has 0 aliphatic rings. The number of unbranched alkanes of at least 4 members (excludes halogenated alkanes) is 54. The van der Waals surface area contributed by atoms with E-state index in [4.69, 9.17) is 0 Å². The van der Waals surface area contributed by atoms with Crippen molar-refractivity contribution < 1.29 is 10.2 Å². The second-order valence-corrected chi connectivity index (χ2v) is 34.7. The first-order chi connectivity index (χ1) is 56.4. The third kappa shape index (κ3) is 115. The molecule has 0 saturated carbocycles. The summed E-state index contributed by atoms with van der Waals surface area (Å²) in [6.45, 7) is 16.1. The van der Waals surface area contributed by atoms with Crippen LogP contribution in [0.25, 0.3) is 0 Å². The van der Waals surface area contributed by atoms with Crippen LogP contribution >= 0.6 is 0 Å². The van der Waals surface area contributed by atoms with E-state index in [1.54, 1.807) is 0 Å². The van der Waals surface area contributed by atoms with E-state index in [1.807, 2.05) is 0 Å². The van der Waals surface area contributed by atoms with Gasteiger partial charge in [-0.2, -0.15) is 0 Å². The van der Waals surface area contributed by atoms with Crippen molar-refractivity contribution in [3.63, 3.8) is 0 Å². The van der Waals surface area contributed by atoms with Gasteiger partial charge in [-0.15, -0.1) is 0 Å². The topological polar surface area (TPSA) is 40.5 Å². The number of aliphatic hydroxyl groups is 2. The number of hydrogen-bond donors (Lipinski definition) is 2. The smallest absolute Gasteiger partial charge is 0.0540 e. The van der Waals surface area contributed by atoms with Crippen molar-refractivity contribution in [3.05, 3.63) is 146 Å². The summed E-state index contributed by atoms with van der Waals surface area (Å²) < 4.78 is 0. The Morgan fingerprint density at radius 3 is 0.395 bits per heavy atom. The standard InChI is InChI=1S/C38H70.2C37H68O/c1-4-6-8-10-12-14-16-18-20-22-24-26-28-30-32-34-36-38(3)37-35-33-31-29-27-25-23-21-19-17-15-13-11-9-7-5-2;2*1-3-5-7-9-11-13-15-17-19-21-23-25-27-29-31-33-35-37(38)36-34-32-30-28-26-24-22-20-18-16-14-12-10-8-6-4-2/h12-15,18-21,38H,4-11,16-17,22-37H2,1-3H3;2*11-14,17-20,37-38H,3-10,15-16,21-36H2,1-2H3/b14-12-,15-13-,20-18-,21-19-;2*13-11-,14-12-,19-17-,20-18-. The SMILES string of the molecule is CCCCC/C=C\C/C=C\CCCCCCCCC(C)CCCCCCCC/C=C\C/C=C\CCCCC.CCCCC/C=C\C/C=C\CCCCCCCCC(O)CCCCCCCC/C=C\C/C=C\CCCCC.CCCCC/C=C\C/C=C\CCCCCCCCC(O)CCCCCCCC/C=C\C/C=C\CCCCC. The Kier molecular flexibility index (Phi) is 113. The van der Waals surface area contributed by atoms with Crippen molar-refractivity contribution in [1.82, 2.24) is 0 Å². The van der Waals surface area contributed by atoms with Crippen molar-refractivity contribution in [3.8, 4) is 0 Å². The van der Waals surface area contributed by atoms with E-state index in [0.29, 0.717) is 0 Å². The number of allylic oxidation sites excluding steroid dienone is 24. The normalized spacial score (nSPS) is 12.5. The maximum atomic E-state index is 10.3. The first kappa shape index (κ1) is 115. The molecule has 0 fully saturated rings. The minimum absolute atomic E-state index is 0.0633. The second kappa shape index (κ2) is 112. The fourth-order valence-electron chi connectivity index (χ4n) is 14.9. The lowest BCUT2D eigenvalue weighted by Crippen LogP contribution is -2.05. The number of rotatable bonds is 90. The predicted molar refractivity (Wildman–Crippen MR) is 525 cm³/mol. The summed E-state index contributed by atoms with van der Waals surface area (Å²) in [5, 5.41) is 20.5. The molecule has 0 amide bonds. The zero-order chi connectivity index (χ0) is 82.9. The maximum absolute atomic E-state index is 10.3. The van der Waals surface area contributed by atoms with Crippen molar-refractivity contribution in [2.75, 3.05) is 0 Å². The maximum Gasteiger partial charge on any atom is 0.0540 e. The fourth-order valence-corrected chi connectivity index (χ4v) is 14.9. The molecule has 0 aromatic rings. The van der Waals surface area contributed by atoms with Gasteiger partial charge >= 0.3 is 0 Å². The van der Waals surface area contributed by atoms with E-state index in [-0.39, 0.29) is 12.2 Å². The molecular formula is C112H206O2. The van der Waals surface area contributed by atoms with Crippen LogP contribution in [0.1, 0.15) is 549 Å². The van der Waals surface area contributed by atoms with Crippen LogP contribution in [-0.4, -0.2) is 22.4 Å². The van der Waals surface area contributed by atoms with Gasteiger partial charge in [-0.1, -0.05) is 477 Å². The zero-order valence-electron chi connectivity index (χ0n) is 78.6. The Morgan fingerprint density at radius 1 is 0.140 bits per heavy atom. The van der Waals surface area contributed by atoms with E-state index < -0.39 is 0 Å². The van der Waals surface area contributed by atoms with Gasteiger partial charge in [0.05, 0.1) is 12.2 Å². The van der Waals surface area contributed by atoms with Gasteiger partial charge in [-0.05, 0) is 224 Å². The van der Waals surface area contributed by atoms with Gasteiger partial charge in [0.15, 0.2) is 0 Å². The highest BCUT2D eigenvalue weighted by Gasteiger charge is 2.07. The average molecular weight is 1580 g/mol. The van der Waals surface area contributed by atoms with Crippen LogP contribution in [-0.2, 0) is 0 Å². The van der Waals surface area contributed by atoms with Crippen LogP contribution in [0.15, 0.2) is 146 Å². The van der Waals surface area contributed by atoms with Crippen LogP contribution in [0, 0.1) is 5.92 Å². The summed E-state index contributed by atoms with van der Waals surface area (Å²) >= 11 is 0. The molecule has 2 N–H and O–H groups in total. The largest absolute Gasteiger partial charge is 0.393 e. The molecule has 0 bridgehead atoms. The van der Waals surface area contributed by atoms with Crippen LogP contribution in [0.3, 0.4) is 0 Å². The minimum atomic E-state index is -0.0633. The first-order valence-electron chi connectivity index (χ1n) is 51.6. The fraction of sp³-hybridized carbons (Fsp3) is 0.786.